The van der Waals surface area contributed by atoms with Crippen LogP contribution < -0.4 is 10.6 Å². The molecule has 1 heterocycles. The summed E-state index contributed by atoms with van der Waals surface area (Å²) in [6.45, 7) is 0. The van der Waals surface area contributed by atoms with E-state index in [0.717, 1.165) is 12.1 Å². The van der Waals surface area contributed by atoms with E-state index < -0.39 is 17.6 Å². The fourth-order valence-electron chi connectivity index (χ4n) is 2.32. The van der Waals surface area contributed by atoms with Gasteiger partial charge in [0.05, 0.1) is 16.8 Å². The van der Waals surface area contributed by atoms with Crippen LogP contribution in [0.1, 0.15) is 21.6 Å². The molecular formula is C19H12F3N5O. The van der Waals surface area contributed by atoms with Crippen LogP contribution in [0, 0.1) is 11.3 Å². The first kappa shape index (κ1) is 18.8. The van der Waals surface area contributed by atoms with Gasteiger partial charge in [-0.2, -0.15) is 18.4 Å². The lowest BCUT2D eigenvalue weighted by Gasteiger charge is -2.10. The summed E-state index contributed by atoms with van der Waals surface area (Å²) in [6, 6.07) is 15.9. The zero-order valence-electron chi connectivity index (χ0n) is 14.2. The highest BCUT2D eigenvalue weighted by Gasteiger charge is 2.30. The van der Waals surface area contributed by atoms with Crippen LogP contribution in [0.4, 0.5) is 30.4 Å². The fraction of sp³-hybridized carbons (Fsp3) is 0.0526. The average Bonchev–Trinajstić information content (AvgIpc) is 2.68. The number of carbonyl (C=O) groups excluding carboxylic acids is 1. The van der Waals surface area contributed by atoms with Crippen LogP contribution in [0.15, 0.2) is 60.7 Å². The van der Waals surface area contributed by atoms with Gasteiger partial charge in [0.1, 0.15) is 6.07 Å². The summed E-state index contributed by atoms with van der Waals surface area (Å²) < 4.78 is 38.3. The maximum Gasteiger partial charge on any atom is 0.416 e. The number of aromatic nitrogens is 2. The van der Waals surface area contributed by atoms with Gasteiger partial charge in [-0.1, -0.05) is 18.2 Å². The van der Waals surface area contributed by atoms with Crippen molar-refractivity contribution in [2.24, 2.45) is 0 Å². The van der Waals surface area contributed by atoms with Crippen LogP contribution in [-0.2, 0) is 6.18 Å². The number of amides is 1. The number of para-hydroxylation sites is 1. The molecule has 0 aliphatic carbocycles. The lowest BCUT2D eigenvalue weighted by molar-refractivity contribution is -0.137. The molecule has 0 bridgehead atoms. The van der Waals surface area contributed by atoms with Crippen LogP contribution in [0.5, 0.6) is 0 Å². The van der Waals surface area contributed by atoms with E-state index in [4.69, 9.17) is 5.26 Å². The Morgan fingerprint density at radius 1 is 1.00 bits per heavy atom. The Morgan fingerprint density at radius 3 is 2.46 bits per heavy atom. The van der Waals surface area contributed by atoms with Gasteiger partial charge in [-0.15, -0.1) is 10.2 Å². The van der Waals surface area contributed by atoms with E-state index in [2.05, 4.69) is 20.8 Å². The number of hydrogen-bond acceptors (Lipinski definition) is 5. The third kappa shape index (κ3) is 4.42. The van der Waals surface area contributed by atoms with Gasteiger partial charge in [0, 0.05) is 5.69 Å². The Labute approximate surface area is 157 Å². The first-order chi connectivity index (χ1) is 13.4. The standard InChI is InChI=1S/C19H12F3N5O/c20-19(21,22)13-5-3-6-14(10-13)24-17-9-8-16(26-27-17)18(28)25-15-7-2-1-4-12(15)11-23/h1-10H,(H,24,27)(H,25,28). The zero-order valence-corrected chi connectivity index (χ0v) is 14.2. The second-order valence-electron chi connectivity index (χ2n) is 5.62. The molecule has 0 aliphatic heterocycles. The topological polar surface area (TPSA) is 90.7 Å². The zero-order chi connectivity index (χ0) is 20.1. The number of carbonyl (C=O) groups is 1. The number of hydrogen-bond donors (Lipinski definition) is 2. The van der Waals surface area contributed by atoms with Gasteiger partial charge in [-0.25, -0.2) is 0 Å². The van der Waals surface area contributed by atoms with Crippen molar-refractivity contribution >= 4 is 23.1 Å². The highest BCUT2D eigenvalue weighted by molar-refractivity contribution is 6.03. The van der Waals surface area contributed by atoms with Crippen molar-refractivity contribution in [1.82, 2.24) is 10.2 Å². The molecule has 0 saturated heterocycles. The van der Waals surface area contributed by atoms with Crippen molar-refractivity contribution in [3.63, 3.8) is 0 Å². The molecule has 0 aliphatic rings. The Hall–Kier alpha value is -3.93. The smallest absolute Gasteiger partial charge is 0.339 e. The molecule has 0 spiro atoms. The molecule has 2 aromatic carbocycles. The highest BCUT2D eigenvalue weighted by atomic mass is 19.4. The number of nitrogens with one attached hydrogen (secondary N) is 2. The molecule has 0 unspecified atom stereocenters. The molecule has 1 amide bonds. The van der Waals surface area contributed by atoms with Crippen molar-refractivity contribution in [1.29, 1.82) is 5.26 Å². The SMILES string of the molecule is N#Cc1ccccc1NC(=O)c1ccc(Nc2cccc(C(F)(F)F)c2)nn1. The van der Waals surface area contributed by atoms with Crippen molar-refractivity contribution in [2.75, 3.05) is 10.6 Å². The number of benzene rings is 2. The van der Waals surface area contributed by atoms with E-state index in [9.17, 15) is 18.0 Å². The average molecular weight is 383 g/mol. The molecule has 3 rings (SSSR count). The van der Waals surface area contributed by atoms with Crippen LogP contribution in [0.3, 0.4) is 0 Å². The van der Waals surface area contributed by atoms with E-state index in [0.29, 0.717) is 11.3 Å². The van der Waals surface area contributed by atoms with Gasteiger partial charge in [-0.3, -0.25) is 4.79 Å². The Morgan fingerprint density at radius 2 is 1.79 bits per heavy atom. The summed E-state index contributed by atoms with van der Waals surface area (Å²) in [6.07, 6.45) is -4.45. The molecule has 9 heteroatoms. The Balaban J connectivity index is 1.72. The van der Waals surface area contributed by atoms with Crippen LogP contribution in [-0.4, -0.2) is 16.1 Å². The van der Waals surface area contributed by atoms with Gasteiger partial charge in [-0.05, 0) is 42.5 Å². The summed E-state index contributed by atoms with van der Waals surface area (Å²) >= 11 is 0. The summed E-state index contributed by atoms with van der Waals surface area (Å²) in [5.74, 6) is -0.394. The van der Waals surface area contributed by atoms with Gasteiger partial charge in [0.15, 0.2) is 11.5 Å². The first-order valence-electron chi connectivity index (χ1n) is 7.95. The lowest BCUT2D eigenvalue weighted by Crippen LogP contribution is -2.15. The van der Waals surface area contributed by atoms with Crippen molar-refractivity contribution in [3.8, 4) is 6.07 Å². The summed E-state index contributed by atoms with van der Waals surface area (Å²) in [5.41, 5.74) is 0.0128. The summed E-state index contributed by atoms with van der Waals surface area (Å²) in [4.78, 5) is 12.2. The minimum atomic E-state index is -4.45. The molecule has 0 atom stereocenters. The van der Waals surface area contributed by atoms with Crippen molar-refractivity contribution in [2.45, 2.75) is 6.18 Å². The van der Waals surface area contributed by atoms with Gasteiger partial charge >= 0.3 is 6.18 Å². The largest absolute Gasteiger partial charge is 0.416 e. The maximum absolute atomic E-state index is 12.8. The highest BCUT2D eigenvalue weighted by Crippen LogP contribution is 2.31. The van der Waals surface area contributed by atoms with E-state index in [1.54, 1.807) is 24.3 Å². The summed E-state index contributed by atoms with van der Waals surface area (Å²) in [5, 5.41) is 21.9. The van der Waals surface area contributed by atoms with E-state index >= 15 is 0 Å². The van der Waals surface area contributed by atoms with Crippen LogP contribution >= 0.6 is 0 Å². The van der Waals surface area contributed by atoms with Crippen molar-refractivity contribution in [3.05, 3.63) is 77.5 Å². The van der Waals surface area contributed by atoms with E-state index in [1.807, 2.05) is 6.07 Å². The molecule has 0 fully saturated rings. The van der Waals surface area contributed by atoms with Gasteiger partial charge < -0.3 is 10.6 Å². The molecular weight excluding hydrogens is 371 g/mol. The van der Waals surface area contributed by atoms with Gasteiger partial charge in [0.25, 0.3) is 5.91 Å². The third-order valence-electron chi connectivity index (χ3n) is 3.66. The van der Waals surface area contributed by atoms with E-state index in [-0.39, 0.29) is 17.2 Å². The third-order valence-corrected chi connectivity index (χ3v) is 3.66. The number of nitrogens with zero attached hydrogens (tertiary/aromatic N) is 3. The molecule has 6 nitrogen and oxygen atoms in total. The first-order valence-corrected chi connectivity index (χ1v) is 7.95. The van der Waals surface area contributed by atoms with E-state index in [1.165, 1.54) is 24.3 Å². The molecule has 0 saturated carbocycles. The molecule has 2 N–H and O–H groups in total. The molecule has 3 aromatic rings. The predicted molar refractivity (Wildman–Crippen MR) is 95.9 cm³/mol. The Kier molecular flexibility index (Phi) is 5.22. The van der Waals surface area contributed by atoms with Crippen LogP contribution in [0.2, 0.25) is 0 Å². The normalized spacial score (nSPS) is 10.8. The fourth-order valence-corrected chi connectivity index (χ4v) is 2.32. The minimum absolute atomic E-state index is 0.0117. The summed E-state index contributed by atoms with van der Waals surface area (Å²) in [7, 11) is 0. The maximum atomic E-state index is 12.8. The number of anilines is 3. The molecule has 140 valence electrons. The molecule has 1 aromatic heterocycles. The number of nitriles is 1. The lowest BCUT2D eigenvalue weighted by atomic mass is 10.2. The number of halogens is 3. The van der Waals surface area contributed by atoms with Gasteiger partial charge in [0.2, 0.25) is 0 Å². The quantitative estimate of drug-likeness (QED) is 0.698. The minimum Gasteiger partial charge on any atom is -0.339 e. The molecule has 0 radical (unpaired) electrons. The second kappa shape index (κ2) is 7.75. The number of alkyl halides is 3. The Bertz CT molecular complexity index is 1040. The van der Waals surface area contributed by atoms with Crippen LogP contribution in [0.25, 0.3) is 0 Å². The number of rotatable bonds is 4. The monoisotopic (exact) mass is 383 g/mol. The molecule has 28 heavy (non-hydrogen) atoms. The second-order valence-corrected chi connectivity index (χ2v) is 5.62. The van der Waals surface area contributed by atoms with Crippen molar-refractivity contribution < 1.29 is 18.0 Å². The predicted octanol–water partition coefficient (Wildman–Crippen LogP) is 4.36.